The SMILES string of the molecule is O=C(Nc1ccc2nc(Cl)[nH]c2c1)C(F)(F)F. The van der Waals surface area contributed by atoms with E-state index in [1.807, 2.05) is 0 Å². The molecule has 0 bridgehead atoms. The molecule has 2 aromatic rings. The number of amides is 1. The van der Waals surface area contributed by atoms with Crippen LogP contribution in [0.2, 0.25) is 5.28 Å². The summed E-state index contributed by atoms with van der Waals surface area (Å²) in [5.74, 6) is -2.03. The molecule has 4 nitrogen and oxygen atoms in total. The molecule has 0 unspecified atom stereocenters. The molecule has 0 saturated carbocycles. The molecule has 1 aromatic carbocycles. The molecule has 0 saturated heterocycles. The van der Waals surface area contributed by atoms with Gasteiger partial charge in [0.2, 0.25) is 5.28 Å². The van der Waals surface area contributed by atoms with Crippen molar-refractivity contribution in [2.24, 2.45) is 0 Å². The van der Waals surface area contributed by atoms with Gasteiger partial charge in [0.15, 0.2) is 0 Å². The number of carbonyl (C=O) groups excluding carboxylic acids is 1. The van der Waals surface area contributed by atoms with Gasteiger partial charge in [-0.15, -0.1) is 0 Å². The lowest BCUT2D eigenvalue weighted by Gasteiger charge is -2.07. The molecular formula is C9H5ClF3N3O. The van der Waals surface area contributed by atoms with E-state index >= 15 is 0 Å². The summed E-state index contributed by atoms with van der Waals surface area (Å²) in [5, 5.41) is 1.85. The van der Waals surface area contributed by atoms with Crippen LogP contribution in [0.15, 0.2) is 18.2 Å². The van der Waals surface area contributed by atoms with E-state index in [2.05, 4.69) is 9.97 Å². The van der Waals surface area contributed by atoms with E-state index in [0.29, 0.717) is 11.0 Å². The first-order valence-electron chi connectivity index (χ1n) is 4.40. The Balaban J connectivity index is 2.28. The zero-order chi connectivity index (χ0) is 12.6. The first-order valence-corrected chi connectivity index (χ1v) is 4.77. The van der Waals surface area contributed by atoms with Gasteiger partial charge >= 0.3 is 12.1 Å². The minimum atomic E-state index is -4.92. The largest absolute Gasteiger partial charge is 0.471 e. The predicted molar refractivity (Wildman–Crippen MR) is 55.8 cm³/mol. The van der Waals surface area contributed by atoms with E-state index in [9.17, 15) is 18.0 Å². The number of aromatic amines is 1. The van der Waals surface area contributed by atoms with Crippen molar-refractivity contribution in [2.45, 2.75) is 6.18 Å². The molecule has 1 heterocycles. The van der Waals surface area contributed by atoms with Crippen LogP contribution >= 0.6 is 11.6 Å². The Morgan fingerprint density at radius 2 is 2.12 bits per heavy atom. The Morgan fingerprint density at radius 1 is 1.41 bits per heavy atom. The maximum Gasteiger partial charge on any atom is 0.471 e. The van der Waals surface area contributed by atoms with Crippen LogP contribution in [0.3, 0.4) is 0 Å². The van der Waals surface area contributed by atoms with Crippen molar-refractivity contribution >= 4 is 34.2 Å². The average Bonchev–Trinajstić information content (AvgIpc) is 2.55. The Kier molecular flexibility index (Phi) is 2.70. The fourth-order valence-corrected chi connectivity index (χ4v) is 1.45. The normalized spacial score (nSPS) is 11.8. The summed E-state index contributed by atoms with van der Waals surface area (Å²) in [6, 6.07) is 4.07. The van der Waals surface area contributed by atoms with Crippen LogP contribution < -0.4 is 5.32 Å². The van der Waals surface area contributed by atoms with Crippen LogP contribution in [0.1, 0.15) is 0 Å². The number of halogens is 4. The number of benzene rings is 1. The van der Waals surface area contributed by atoms with E-state index in [-0.39, 0.29) is 11.0 Å². The van der Waals surface area contributed by atoms with Crippen molar-refractivity contribution in [3.05, 3.63) is 23.5 Å². The zero-order valence-corrected chi connectivity index (χ0v) is 8.86. The van der Waals surface area contributed by atoms with Crippen LogP contribution in [-0.4, -0.2) is 22.1 Å². The van der Waals surface area contributed by atoms with Gasteiger partial charge in [0, 0.05) is 5.69 Å². The van der Waals surface area contributed by atoms with Crippen molar-refractivity contribution in [2.75, 3.05) is 5.32 Å². The molecule has 2 N–H and O–H groups in total. The Bertz CT molecular complexity index is 578. The summed E-state index contributed by atoms with van der Waals surface area (Å²) in [5.41, 5.74) is 0.954. The van der Waals surface area contributed by atoms with Crippen molar-refractivity contribution in [1.82, 2.24) is 9.97 Å². The lowest BCUT2D eigenvalue weighted by atomic mass is 10.2. The van der Waals surface area contributed by atoms with Gasteiger partial charge in [0.25, 0.3) is 0 Å². The first kappa shape index (κ1) is 11.7. The molecule has 90 valence electrons. The predicted octanol–water partition coefficient (Wildman–Crippen LogP) is 2.72. The van der Waals surface area contributed by atoms with E-state index in [1.165, 1.54) is 18.2 Å². The number of aromatic nitrogens is 2. The standard InChI is InChI=1S/C9H5ClF3N3O/c10-8-15-5-2-1-4(3-6(5)16-8)14-7(17)9(11,12)13/h1-3H,(H,14,17)(H,15,16). The quantitative estimate of drug-likeness (QED) is 0.831. The number of alkyl halides is 3. The second kappa shape index (κ2) is 3.92. The number of H-pyrrole nitrogens is 1. The maximum absolute atomic E-state index is 12.0. The topological polar surface area (TPSA) is 57.8 Å². The highest BCUT2D eigenvalue weighted by molar-refractivity contribution is 6.29. The smallest absolute Gasteiger partial charge is 0.329 e. The summed E-state index contributed by atoms with van der Waals surface area (Å²) in [4.78, 5) is 17.2. The number of anilines is 1. The highest BCUT2D eigenvalue weighted by Gasteiger charge is 2.38. The van der Waals surface area contributed by atoms with Crippen molar-refractivity contribution in [3.63, 3.8) is 0 Å². The van der Waals surface area contributed by atoms with Crippen LogP contribution in [0.25, 0.3) is 11.0 Å². The molecule has 17 heavy (non-hydrogen) atoms. The molecule has 1 aromatic heterocycles. The molecule has 8 heteroatoms. The van der Waals surface area contributed by atoms with Crippen LogP contribution in [0, 0.1) is 0 Å². The Hall–Kier alpha value is -1.76. The second-order valence-corrected chi connectivity index (χ2v) is 3.57. The van der Waals surface area contributed by atoms with E-state index in [1.54, 1.807) is 5.32 Å². The molecular weight excluding hydrogens is 259 g/mol. The van der Waals surface area contributed by atoms with Crippen molar-refractivity contribution in [1.29, 1.82) is 0 Å². The van der Waals surface area contributed by atoms with Crippen LogP contribution in [0.4, 0.5) is 18.9 Å². The summed E-state index contributed by atoms with van der Waals surface area (Å²) < 4.78 is 36.0. The lowest BCUT2D eigenvalue weighted by molar-refractivity contribution is -0.167. The molecule has 0 fully saturated rings. The summed E-state index contributed by atoms with van der Waals surface area (Å²) >= 11 is 5.58. The molecule has 1 amide bonds. The third-order valence-electron chi connectivity index (χ3n) is 1.97. The van der Waals surface area contributed by atoms with Gasteiger partial charge in [0.1, 0.15) is 0 Å². The zero-order valence-electron chi connectivity index (χ0n) is 8.10. The van der Waals surface area contributed by atoms with Gasteiger partial charge in [-0.1, -0.05) is 0 Å². The maximum atomic E-state index is 12.0. The third-order valence-corrected chi connectivity index (χ3v) is 2.15. The van der Waals surface area contributed by atoms with E-state index in [4.69, 9.17) is 11.6 Å². The minimum absolute atomic E-state index is 0.0140. The summed E-state index contributed by atoms with van der Waals surface area (Å²) in [6.45, 7) is 0. The molecule has 0 aliphatic carbocycles. The number of fused-ring (bicyclic) bond motifs is 1. The van der Waals surface area contributed by atoms with Crippen LogP contribution in [-0.2, 0) is 4.79 Å². The number of nitrogens with one attached hydrogen (secondary N) is 2. The second-order valence-electron chi connectivity index (χ2n) is 3.21. The molecule has 0 spiro atoms. The fraction of sp³-hybridized carbons (Fsp3) is 0.111. The van der Waals surface area contributed by atoms with Gasteiger partial charge in [0.05, 0.1) is 11.0 Å². The number of hydrogen-bond donors (Lipinski definition) is 2. The third kappa shape index (κ3) is 2.50. The van der Waals surface area contributed by atoms with E-state index < -0.39 is 12.1 Å². The van der Waals surface area contributed by atoms with Gasteiger partial charge in [-0.3, -0.25) is 4.79 Å². The number of rotatable bonds is 1. The molecule has 0 radical (unpaired) electrons. The average molecular weight is 264 g/mol. The monoisotopic (exact) mass is 263 g/mol. The van der Waals surface area contributed by atoms with Gasteiger partial charge in [-0.2, -0.15) is 13.2 Å². The Morgan fingerprint density at radius 3 is 2.76 bits per heavy atom. The number of hydrogen-bond acceptors (Lipinski definition) is 2. The lowest BCUT2D eigenvalue weighted by Crippen LogP contribution is -2.29. The van der Waals surface area contributed by atoms with Crippen molar-refractivity contribution < 1.29 is 18.0 Å². The number of carbonyl (C=O) groups is 1. The van der Waals surface area contributed by atoms with Crippen LogP contribution in [0.5, 0.6) is 0 Å². The highest BCUT2D eigenvalue weighted by atomic mass is 35.5. The fourth-order valence-electron chi connectivity index (χ4n) is 1.26. The molecule has 0 aliphatic rings. The Labute approximate surface area is 97.8 Å². The minimum Gasteiger partial charge on any atom is -0.329 e. The molecule has 0 atom stereocenters. The van der Waals surface area contributed by atoms with Gasteiger partial charge < -0.3 is 10.3 Å². The summed E-state index contributed by atoms with van der Waals surface area (Å²) in [7, 11) is 0. The molecule has 2 rings (SSSR count). The number of nitrogens with zero attached hydrogens (tertiary/aromatic N) is 1. The highest BCUT2D eigenvalue weighted by Crippen LogP contribution is 2.22. The first-order chi connectivity index (χ1) is 7.86. The number of imidazole rings is 1. The van der Waals surface area contributed by atoms with E-state index in [0.717, 1.165) is 0 Å². The van der Waals surface area contributed by atoms with Gasteiger partial charge in [-0.05, 0) is 29.8 Å². The van der Waals surface area contributed by atoms with Crippen molar-refractivity contribution in [3.8, 4) is 0 Å². The molecule has 0 aliphatic heterocycles. The van der Waals surface area contributed by atoms with Gasteiger partial charge in [-0.25, -0.2) is 4.98 Å². The summed E-state index contributed by atoms with van der Waals surface area (Å²) in [6.07, 6.45) is -4.92.